The van der Waals surface area contributed by atoms with Gasteiger partial charge in [-0.25, -0.2) is 0 Å². The summed E-state index contributed by atoms with van der Waals surface area (Å²) in [6.45, 7) is 10.1. The standard InChI is InChI=1S/C22H30N2O3S/c1-3-27-21(25)22-8-4-9-23(14-20-6-5-17(2)28-20)12-19(22)13-24(16-22)11-18-7-10-26-15-18/h5-7,10,15,19H,3-4,8-9,11-14,16H2,1-2H3/t19-,22-/m0/s1. The molecular weight excluding hydrogens is 372 g/mol. The Labute approximate surface area is 171 Å². The van der Waals surface area contributed by atoms with Crippen LogP contribution in [0.25, 0.3) is 0 Å². The van der Waals surface area contributed by atoms with Gasteiger partial charge in [-0.3, -0.25) is 14.6 Å². The zero-order valence-corrected chi connectivity index (χ0v) is 17.7. The molecule has 4 rings (SSSR count). The molecule has 2 aromatic rings. The van der Waals surface area contributed by atoms with E-state index >= 15 is 0 Å². The predicted molar refractivity (Wildman–Crippen MR) is 110 cm³/mol. The molecule has 0 aliphatic carbocycles. The summed E-state index contributed by atoms with van der Waals surface area (Å²) in [5.74, 6) is 0.311. The Morgan fingerprint density at radius 1 is 1.29 bits per heavy atom. The van der Waals surface area contributed by atoms with Crippen molar-refractivity contribution in [3.63, 3.8) is 0 Å². The zero-order chi connectivity index (χ0) is 19.6. The molecule has 2 aromatic heterocycles. The van der Waals surface area contributed by atoms with E-state index in [1.54, 1.807) is 12.5 Å². The van der Waals surface area contributed by atoms with Gasteiger partial charge in [-0.1, -0.05) is 0 Å². The lowest BCUT2D eigenvalue weighted by Gasteiger charge is -2.31. The van der Waals surface area contributed by atoms with Gasteiger partial charge in [0.05, 0.1) is 24.5 Å². The van der Waals surface area contributed by atoms with Gasteiger partial charge in [0.2, 0.25) is 0 Å². The molecule has 28 heavy (non-hydrogen) atoms. The molecule has 0 radical (unpaired) electrons. The number of thiophene rings is 1. The molecule has 152 valence electrons. The van der Waals surface area contributed by atoms with Crippen LogP contribution in [-0.4, -0.2) is 48.6 Å². The van der Waals surface area contributed by atoms with Crippen LogP contribution in [0.3, 0.4) is 0 Å². The SMILES string of the molecule is CCOC(=O)[C@]12CCCN(Cc3ccc(C)s3)C[C@H]1CN(Cc1ccoc1)C2. The predicted octanol–water partition coefficient (Wildman–Crippen LogP) is 3.93. The van der Waals surface area contributed by atoms with E-state index in [1.165, 1.54) is 15.3 Å². The summed E-state index contributed by atoms with van der Waals surface area (Å²) < 4.78 is 10.8. The zero-order valence-electron chi connectivity index (χ0n) is 16.9. The highest BCUT2D eigenvalue weighted by Crippen LogP contribution is 2.44. The minimum atomic E-state index is -0.375. The van der Waals surface area contributed by atoms with Crippen LogP contribution in [0.2, 0.25) is 0 Å². The maximum absolute atomic E-state index is 13.1. The van der Waals surface area contributed by atoms with Gasteiger partial charge < -0.3 is 9.15 Å². The highest BCUT2D eigenvalue weighted by atomic mass is 32.1. The van der Waals surface area contributed by atoms with E-state index in [0.29, 0.717) is 12.5 Å². The number of hydrogen-bond acceptors (Lipinski definition) is 6. The second-order valence-electron chi connectivity index (χ2n) is 8.23. The molecule has 0 saturated carbocycles. The first-order chi connectivity index (χ1) is 13.6. The molecule has 4 heterocycles. The van der Waals surface area contributed by atoms with Gasteiger partial charge in [-0.2, -0.15) is 0 Å². The largest absolute Gasteiger partial charge is 0.472 e. The van der Waals surface area contributed by atoms with Gasteiger partial charge in [0.1, 0.15) is 0 Å². The number of carbonyl (C=O) groups excluding carboxylic acids is 1. The van der Waals surface area contributed by atoms with Crippen molar-refractivity contribution in [3.05, 3.63) is 46.0 Å². The van der Waals surface area contributed by atoms with Crippen LogP contribution >= 0.6 is 11.3 Å². The molecular formula is C22H30N2O3S. The number of fused-ring (bicyclic) bond motifs is 1. The van der Waals surface area contributed by atoms with E-state index in [2.05, 4.69) is 28.9 Å². The van der Waals surface area contributed by atoms with E-state index in [0.717, 1.165) is 52.1 Å². The molecule has 0 bridgehead atoms. The van der Waals surface area contributed by atoms with E-state index in [4.69, 9.17) is 9.15 Å². The molecule has 2 fully saturated rings. The second kappa shape index (κ2) is 8.39. The van der Waals surface area contributed by atoms with E-state index in [-0.39, 0.29) is 11.4 Å². The van der Waals surface area contributed by atoms with Crippen molar-refractivity contribution in [2.75, 3.05) is 32.8 Å². The quantitative estimate of drug-likeness (QED) is 0.685. The maximum atomic E-state index is 13.1. The highest BCUT2D eigenvalue weighted by molar-refractivity contribution is 7.11. The number of furan rings is 1. The van der Waals surface area contributed by atoms with E-state index in [9.17, 15) is 4.79 Å². The minimum Gasteiger partial charge on any atom is -0.472 e. The summed E-state index contributed by atoms with van der Waals surface area (Å²) in [6.07, 6.45) is 5.48. The van der Waals surface area contributed by atoms with Crippen molar-refractivity contribution >= 4 is 17.3 Å². The van der Waals surface area contributed by atoms with Crippen LogP contribution < -0.4 is 0 Å². The van der Waals surface area contributed by atoms with Crippen LogP contribution in [0, 0.1) is 18.3 Å². The van der Waals surface area contributed by atoms with Crippen LogP contribution in [0.1, 0.15) is 35.1 Å². The van der Waals surface area contributed by atoms with Crippen LogP contribution in [0.15, 0.2) is 35.1 Å². The lowest BCUT2D eigenvalue weighted by molar-refractivity contribution is -0.157. The maximum Gasteiger partial charge on any atom is 0.313 e. The van der Waals surface area contributed by atoms with Crippen molar-refractivity contribution in [3.8, 4) is 0 Å². The Hall–Kier alpha value is -1.63. The van der Waals surface area contributed by atoms with E-state index in [1.807, 2.05) is 24.3 Å². The van der Waals surface area contributed by atoms with Gasteiger partial charge in [-0.15, -0.1) is 11.3 Å². The lowest BCUT2D eigenvalue weighted by Crippen LogP contribution is -2.42. The molecule has 6 heteroatoms. The number of aryl methyl sites for hydroxylation is 1. The van der Waals surface area contributed by atoms with Gasteiger partial charge >= 0.3 is 5.97 Å². The summed E-state index contributed by atoms with van der Waals surface area (Å²) in [7, 11) is 0. The Bertz CT molecular complexity index is 788. The number of likely N-dealkylation sites (tertiary alicyclic amines) is 2. The molecule has 5 nitrogen and oxygen atoms in total. The fourth-order valence-electron chi connectivity index (χ4n) is 4.92. The fourth-order valence-corrected chi connectivity index (χ4v) is 5.85. The third kappa shape index (κ3) is 4.04. The van der Waals surface area contributed by atoms with Crippen LogP contribution in [-0.2, 0) is 22.6 Å². The summed E-state index contributed by atoms with van der Waals surface area (Å²) in [5, 5.41) is 0. The molecule has 0 unspecified atom stereocenters. The van der Waals surface area contributed by atoms with Crippen molar-refractivity contribution in [1.29, 1.82) is 0 Å². The first kappa shape index (κ1) is 19.7. The molecule has 0 aromatic carbocycles. The molecule has 0 spiro atoms. The first-order valence-corrected chi connectivity index (χ1v) is 11.1. The molecule has 2 aliphatic rings. The minimum absolute atomic E-state index is 0.00325. The average molecular weight is 403 g/mol. The van der Waals surface area contributed by atoms with Gasteiger partial charge in [0.25, 0.3) is 0 Å². The number of esters is 1. The summed E-state index contributed by atoms with van der Waals surface area (Å²) in [4.78, 5) is 20.8. The molecule has 0 N–H and O–H groups in total. The Morgan fingerprint density at radius 2 is 2.14 bits per heavy atom. The summed E-state index contributed by atoms with van der Waals surface area (Å²) in [6, 6.07) is 6.45. The summed E-state index contributed by atoms with van der Waals surface area (Å²) in [5.41, 5.74) is 0.793. The van der Waals surface area contributed by atoms with Gasteiger partial charge in [0.15, 0.2) is 0 Å². The van der Waals surface area contributed by atoms with Crippen LogP contribution in [0.5, 0.6) is 0 Å². The monoisotopic (exact) mass is 402 g/mol. The normalized spacial score (nSPS) is 26.1. The Kier molecular flexibility index (Phi) is 5.90. The van der Waals surface area contributed by atoms with Gasteiger partial charge in [-0.05, 0) is 51.4 Å². The number of carbonyl (C=O) groups is 1. The van der Waals surface area contributed by atoms with Gasteiger partial charge in [0, 0.05) is 54.0 Å². The smallest absolute Gasteiger partial charge is 0.313 e. The van der Waals surface area contributed by atoms with Crippen molar-refractivity contribution < 1.29 is 13.9 Å². The lowest BCUT2D eigenvalue weighted by atomic mass is 9.75. The Balaban J connectivity index is 1.52. The Morgan fingerprint density at radius 3 is 2.86 bits per heavy atom. The highest BCUT2D eigenvalue weighted by Gasteiger charge is 2.53. The fraction of sp³-hybridized carbons (Fsp3) is 0.591. The second-order valence-corrected chi connectivity index (χ2v) is 9.60. The number of ether oxygens (including phenoxy) is 1. The van der Waals surface area contributed by atoms with Crippen LogP contribution in [0.4, 0.5) is 0 Å². The number of hydrogen-bond donors (Lipinski definition) is 0. The number of nitrogens with zero attached hydrogens (tertiary/aromatic N) is 2. The third-order valence-electron chi connectivity index (χ3n) is 6.19. The molecule has 2 saturated heterocycles. The molecule has 2 aliphatic heterocycles. The molecule has 0 amide bonds. The van der Waals surface area contributed by atoms with Crippen molar-refractivity contribution in [2.45, 2.75) is 39.8 Å². The van der Waals surface area contributed by atoms with Crippen molar-refractivity contribution in [2.24, 2.45) is 11.3 Å². The number of rotatable bonds is 6. The third-order valence-corrected chi connectivity index (χ3v) is 7.17. The first-order valence-electron chi connectivity index (χ1n) is 10.3. The van der Waals surface area contributed by atoms with Crippen molar-refractivity contribution in [1.82, 2.24) is 9.80 Å². The summed E-state index contributed by atoms with van der Waals surface area (Å²) >= 11 is 1.88. The average Bonchev–Trinajstić information content (AvgIpc) is 3.36. The topological polar surface area (TPSA) is 45.9 Å². The molecule has 2 atom stereocenters. The van der Waals surface area contributed by atoms with E-state index < -0.39 is 0 Å².